The molecule has 7 nitrogen and oxygen atoms in total. The summed E-state index contributed by atoms with van der Waals surface area (Å²) in [5.74, 6) is -0.343. The van der Waals surface area contributed by atoms with Gasteiger partial charge in [0.2, 0.25) is 10.0 Å². The highest BCUT2D eigenvalue weighted by Gasteiger charge is 2.15. The van der Waals surface area contributed by atoms with Crippen molar-refractivity contribution in [2.24, 2.45) is 0 Å². The van der Waals surface area contributed by atoms with Crippen LogP contribution in [0.25, 0.3) is 0 Å². The van der Waals surface area contributed by atoms with E-state index in [4.69, 9.17) is 0 Å². The first-order valence-electron chi connectivity index (χ1n) is 9.86. The van der Waals surface area contributed by atoms with Crippen molar-refractivity contribution in [1.29, 1.82) is 0 Å². The summed E-state index contributed by atoms with van der Waals surface area (Å²) in [6.07, 6.45) is 1.46. The first kappa shape index (κ1) is 22.5. The number of hydrogen-bond donors (Lipinski definition) is 2. The Labute approximate surface area is 182 Å². The van der Waals surface area contributed by atoms with E-state index in [1.54, 1.807) is 12.1 Å². The normalized spacial score (nSPS) is 11.3. The minimum atomic E-state index is -3.69. The van der Waals surface area contributed by atoms with E-state index in [1.165, 1.54) is 18.2 Å². The molecule has 8 heteroatoms. The zero-order valence-electron chi connectivity index (χ0n) is 17.6. The quantitative estimate of drug-likeness (QED) is 0.503. The molecular formula is C23H26N4O3S. The number of carbonyl (C=O) groups excluding carboxylic acids is 1. The molecule has 31 heavy (non-hydrogen) atoms. The van der Waals surface area contributed by atoms with E-state index in [0.717, 1.165) is 22.5 Å². The molecule has 1 heterocycles. The maximum absolute atomic E-state index is 12.6. The van der Waals surface area contributed by atoms with Gasteiger partial charge in [0, 0.05) is 24.3 Å². The lowest BCUT2D eigenvalue weighted by Gasteiger charge is -2.10. The molecule has 3 rings (SSSR count). The van der Waals surface area contributed by atoms with Gasteiger partial charge in [-0.25, -0.2) is 13.1 Å². The first-order chi connectivity index (χ1) is 14.8. The van der Waals surface area contributed by atoms with Crippen LogP contribution >= 0.6 is 0 Å². The Bertz CT molecular complexity index is 1200. The third-order valence-electron chi connectivity index (χ3n) is 4.70. The van der Waals surface area contributed by atoms with Crippen molar-refractivity contribution in [1.82, 2.24) is 19.8 Å². The molecule has 162 valence electrons. The maximum atomic E-state index is 12.6. The minimum absolute atomic E-state index is 0.0360. The summed E-state index contributed by atoms with van der Waals surface area (Å²) in [5.41, 5.74) is 4.38. The largest absolute Gasteiger partial charge is 0.348 e. The molecule has 0 saturated heterocycles. The molecule has 0 aliphatic heterocycles. The van der Waals surface area contributed by atoms with Crippen molar-refractivity contribution in [3.05, 3.63) is 95.3 Å². The van der Waals surface area contributed by atoms with Crippen LogP contribution in [0.5, 0.6) is 0 Å². The second-order valence-electron chi connectivity index (χ2n) is 7.26. The van der Waals surface area contributed by atoms with Crippen molar-refractivity contribution in [3.8, 4) is 0 Å². The highest BCUT2D eigenvalue weighted by atomic mass is 32.2. The Morgan fingerprint density at radius 1 is 1.10 bits per heavy atom. The Kier molecular flexibility index (Phi) is 7.04. The second kappa shape index (κ2) is 9.72. The third kappa shape index (κ3) is 5.90. The number of aromatic nitrogens is 2. The summed E-state index contributed by atoms with van der Waals surface area (Å²) in [7, 11) is -3.69. The summed E-state index contributed by atoms with van der Waals surface area (Å²) >= 11 is 0. The number of nitrogens with one attached hydrogen (secondary N) is 2. The number of sulfonamides is 1. The zero-order chi connectivity index (χ0) is 22.4. The lowest BCUT2D eigenvalue weighted by Crippen LogP contribution is -2.25. The molecule has 0 bridgehead atoms. The molecule has 0 aliphatic carbocycles. The molecule has 0 aliphatic rings. The highest BCUT2D eigenvalue weighted by molar-refractivity contribution is 7.89. The smallest absolute Gasteiger partial charge is 0.251 e. The minimum Gasteiger partial charge on any atom is -0.348 e. The summed E-state index contributed by atoms with van der Waals surface area (Å²) in [4.78, 5) is 12.6. The van der Waals surface area contributed by atoms with Crippen molar-refractivity contribution in [3.63, 3.8) is 0 Å². The highest BCUT2D eigenvalue weighted by Crippen LogP contribution is 2.13. The fourth-order valence-corrected chi connectivity index (χ4v) is 4.23. The van der Waals surface area contributed by atoms with Crippen molar-refractivity contribution < 1.29 is 13.2 Å². The Morgan fingerprint density at radius 2 is 1.84 bits per heavy atom. The first-order valence-corrected chi connectivity index (χ1v) is 11.3. The van der Waals surface area contributed by atoms with Crippen LogP contribution in [0.15, 0.2) is 72.1 Å². The van der Waals surface area contributed by atoms with Crippen LogP contribution in [0.4, 0.5) is 0 Å². The predicted molar refractivity (Wildman–Crippen MR) is 120 cm³/mol. The van der Waals surface area contributed by atoms with Crippen LogP contribution < -0.4 is 10.0 Å². The van der Waals surface area contributed by atoms with Gasteiger partial charge in [0.05, 0.1) is 17.1 Å². The Hall–Kier alpha value is -3.23. The van der Waals surface area contributed by atoms with Crippen LogP contribution in [-0.4, -0.2) is 30.7 Å². The monoisotopic (exact) mass is 438 g/mol. The van der Waals surface area contributed by atoms with Crippen molar-refractivity contribution in [2.45, 2.75) is 31.8 Å². The molecule has 0 unspecified atom stereocenters. The molecule has 0 saturated carbocycles. The lowest BCUT2D eigenvalue weighted by molar-refractivity contribution is 0.0950. The van der Waals surface area contributed by atoms with E-state index in [9.17, 15) is 13.2 Å². The Balaban J connectivity index is 1.66. The van der Waals surface area contributed by atoms with E-state index in [-0.39, 0.29) is 22.9 Å². The second-order valence-corrected chi connectivity index (χ2v) is 9.02. The Morgan fingerprint density at radius 3 is 2.55 bits per heavy atom. The van der Waals surface area contributed by atoms with E-state index in [1.807, 2.05) is 48.9 Å². The van der Waals surface area contributed by atoms with Gasteiger partial charge in [0.15, 0.2) is 0 Å². The summed E-state index contributed by atoms with van der Waals surface area (Å²) < 4.78 is 28.9. The van der Waals surface area contributed by atoms with E-state index in [0.29, 0.717) is 13.1 Å². The number of hydrogen-bond acceptors (Lipinski definition) is 4. The van der Waals surface area contributed by atoms with Crippen LogP contribution in [0.3, 0.4) is 0 Å². The van der Waals surface area contributed by atoms with Gasteiger partial charge in [0.25, 0.3) is 5.91 Å². The molecule has 0 fully saturated rings. The van der Waals surface area contributed by atoms with Gasteiger partial charge >= 0.3 is 0 Å². The zero-order valence-corrected chi connectivity index (χ0v) is 18.4. The molecule has 3 aromatic rings. The number of benzene rings is 2. The van der Waals surface area contributed by atoms with Gasteiger partial charge in [-0.3, -0.25) is 9.48 Å². The van der Waals surface area contributed by atoms with Crippen LogP contribution in [0.2, 0.25) is 0 Å². The number of amides is 1. The van der Waals surface area contributed by atoms with E-state index in [2.05, 4.69) is 21.7 Å². The van der Waals surface area contributed by atoms with Crippen LogP contribution in [-0.2, 0) is 23.1 Å². The topological polar surface area (TPSA) is 93.1 Å². The molecule has 2 N–H and O–H groups in total. The van der Waals surface area contributed by atoms with Gasteiger partial charge in [-0.15, -0.1) is 6.58 Å². The van der Waals surface area contributed by atoms with Crippen molar-refractivity contribution in [2.75, 3.05) is 6.54 Å². The number of aryl methyl sites for hydroxylation is 2. The fraction of sp³-hybridized carbons (Fsp3) is 0.217. The number of nitrogens with zero attached hydrogens (tertiary/aromatic N) is 2. The van der Waals surface area contributed by atoms with E-state index >= 15 is 0 Å². The van der Waals surface area contributed by atoms with Gasteiger partial charge in [0.1, 0.15) is 0 Å². The van der Waals surface area contributed by atoms with Gasteiger partial charge in [-0.1, -0.05) is 36.4 Å². The summed E-state index contributed by atoms with van der Waals surface area (Å²) in [6.45, 7) is 8.58. The molecule has 2 aromatic carbocycles. The van der Waals surface area contributed by atoms with Gasteiger partial charge in [-0.2, -0.15) is 5.10 Å². The van der Waals surface area contributed by atoms with Crippen LogP contribution in [0, 0.1) is 13.8 Å². The van der Waals surface area contributed by atoms with Gasteiger partial charge in [-0.05, 0) is 49.2 Å². The maximum Gasteiger partial charge on any atom is 0.251 e. The fourth-order valence-electron chi connectivity index (χ4n) is 3.19. The van der Waals surface area contributed by atoms with Crippen LogP contribution in [0.1, 0.15) is 32.9 Å². The predicted octanol–water partition coefficient (Wildman–Crippen LogP) is 2.94. The summed E-state index contributed by atoms with van der Waals surface area (Å²) in [5, 5.41) is 7.33. The SMILES string of the molecule is C=CCNS(=O)(=O)c1cccc(C(=O)NCc2cccc(Cn3nc(C)cc3C)c2)c1. The molecule has 0 spiro atoms. The summed E-state index contributed by atoms with van der Waals surface area (Å²) in [6, 6.07) is 15.9. The van der Waals surface area contributed by atoms with Gasteiger partial charge < -0.3 is 5.32 Å². The number of rotatable bonds is 9. The third-order valence-corrected chi connectivity index (χ3v) is 6.13. The standard InChI is InChI=1S/C23H26N4O3S/c1-4-11-25-31(29,30)22-10-6-9-21(14-22)23(28)24-15-19-7-5-8-20(13-19)16-27-18(3)12-17(2)26-27/h4-10,12-14,25H,1,11,15-16H2,2-3H3,(H,24,28). The van der Waals surface area contributed by atoms with E-state index < -0.39 is 10.0 Å². The molecule has 1 aromatic heterocycles. The average molecular weight is 439 g/mol. The number of carbonyl (C=O) groups is 1. The van der Waals surface area contributed by atoms with Crippen molar-refractivity contribution >= 4 is 15.9 Å². The molecular weight excluding hydrogens is 412 g/mol. The molecule has 1 amide bonds. The molecule has 0 atom stereocenters. The molecule has 0 radical (unpaired) electrons. The average Bonchev–Trinajstić information content (AvgIpc) is 3.07. The lowest BCUT2D eigenvalue weighted by atomic mass is 10.1.